The molecular weight excluding hydrogens is 641 g/mol. The molecule has 0 saturated heterocycles. The quantitative estimate of drug-likeness (QED) is 0.112. The van der Waals surface area contributed by atoms with Crippen LogP contribution in [-0.2, 0) is 11.6 Å². The number of hydrogen-bond donors (Lipinski definition) is 2. The Morgan fingerprint density at radius 1 is 0.633 bits per heavy atom. The molecule has 2 atom stereocenters. The van der Waals surface area contributed by atoms with Crippen molar-refractivity contribution in [2.75, 3.05) is 0 Å². The van der Waals surface area contributed by atoms with Crippen molar-refractivity contribution >= 4 is 39.3 Å². The summed E-state index contributed by atoms with van der Waals surface area (Å²) in [5.41, 5.74) is 3.66. The Balaban J connectivity index is 1.56. The summed E-state index contributed by atoms with van der Waals surface area (Å²) >= 11 is 8.49. The summed E-state index contributed by atoms with van der Waals surface area (Å²) in [7, 11) is 0. The summed E-state index contributed by atoms with van der Waals surface area (Å²) in [4.78, 5) is 5.00. The number of phenols is 1. The fourth-order valence-corrected chi connectivity index (χ4v) is 12.9. The number of aliphatic imine (C=N–C) groups is 1. The molecule has 0 saturated carbocycles. The Hall–Kier alpha value is -4.53. The predicted octanol–water partition coefficient (Wildman–Crippen LogP) is 9.77. The molecule has 0 bridgehead atoms. The van der Waals surface area contributed by atoms with E-state index in [4.69, 9.17) is 16.2 Å². The second kappa shape index (κ2) is 14.1. The molecule has 0 aliphatic heterocycles. The third-order valence-corrected chi connectivity index (χ3v) is 16.5. The summed E-state index contributed by atoms with van der Waals surface area (Å²) in [5.74, 6) is -3.49. The molecule has 0 heterocycles. The standard InChI is InChI=1S/C44H43ClNO2P/c1-44(2,3)40-30-33(29-36(42(40)47)31-46-41(34-19-9-4-10-20-34)43(48)35-21-11-5-12-22-35)32-49(45,37-23-13-6-14-24-37,38-25-15-7-16-26-38)39-27-17-8-18-28-39/h4-31,41,43,47-48H,32H2,1-3H3/t41-,43+/m1/s1. The van der Waals surface area contributed by atoms with Gasteiger partial charge in [-0.15, -0.1) is 0 Å². The second-order valence-electron chi connectivity index (χ2n) is 13.7. The molecule has 0 aliphatic carbocycles. The number of halogens is 1. The molecule has 0 fully saturated rings. The van der Waals surface area contributed by atoms with E-state index in [1.165, 1.54) is 0 Å². The Morgan fingerprint density at radius 3 is 1.47 bits per heavy atom. The van der Waals surface area contributed by atoms with E-state index < -0.39 is 18.1 Å². The van der Waals surface area contributed by atoms with Crippen LogP contribution in [0.5, 0.6) is 5.75 Å². The van der Waals surface area contributed by atoms with E-state index in [1.807, 2.05) is 84.9 Å². The minimum atomic E-state index is -3.67. The first-order valence-corrected chi connectivity index (χ1v) is 20.0. The normalized spacial score (nSPS) is 14.2. The van der Waals surface area contributed by atoms with Gasteiger partial charge in [-0.05, 0) is 0 Å². The molecule has 0 aromatic heterocycles. The van der Waals surface area contributed by atoms with Gasteiger partial charge in [-0.2, -0.15) is 0 Å². The van der Waals surface area contributed by atoms with Gasteiger partial charge in [0.25, 0.3) is 0 Å². The molecule has 0 aliphatic rings. The van der Waals surface area contributed by atoms with Gasteiger partial charge < -0.3 is 0 Å². The average molecular weight is 684 g/mol. The molecule has 49 heavy (non-hydrogen) atoms. The zero-order valence-electron chi connectivity index (χ0n) is 28.2. The summed E-state index contributed by atoms with van der Waals surface area (Å²) in [6.45, 7) is 6.31. The van der Waals surface area contributed by atoms with Crippen LogP contribution >= 0.6 is 17.2 Å². The molecule has 0 radical (unpaired) electrons. The van der Waals surface area contributed by atoms with Crippen LogP contribution in [0.25, 0.3) is 0 Å². The average Bonchev–Trinajstić information content (AvgIpc) is 3.14. The van der Waals surface area contributed by atoms with Gasteiger partial charge in [-0.3, -0.25) is 0 Å². The van der Waals surface area contributed by atoms with Gasteiger partial charge >= 0.3 is 296 Å². The van der Waals surface area contributed by atoms with Gasteiger partial charge in [-0.25, -0.2) is 0 Å². The van der Waals surface area contributed by atoms with E-state index in [1.54, 1.807) is 6.21 Å². The number of benzene rings is 6. The Kier molecular flexibility index (Phi) is 9.91. The third kappa shape index (κ3) is 6.85. The van der Waals surface area contributed by atoms with E-state index in [2.05, 4.69) is 99.6 Å². The van der Waals surface area contributed by atoms with Gasteiger partial charge in [0.2, 0.25) is 0 Å². The molecule has 248 valence electrons. The van der Waals surface area contributed by atoms with Crippen molar-refractivity contribution in [3.8, 4) is 5.75 Å². The number of nitrogens with zero attached hydrogens (tertiary/aromatic N) is 1. The number of aliphatic hydroxyl groups excluding tert-OH is 1. The van der Waals surface area contributed by atoms with Crippen molar-refractivity contribution in [3.05, 3.63) is 192 Å². The van der Waals surface area contributed by atoms with Crippen LogP contribution < -0.4 is 15.9 Å². The first-order chi connectivity index (χ1) is 23.6. The molecule has 3 nitrogen and oxygen atoms in total. The number of hydrogen-bond acceptors (Lipinski definition) is 3. The van der Waals surface area contributed by atoms with Crippen LogP contribution in [0.3, 0.4) is 0 Å². The first-order valence-electron chi connectivity index (χ1n) is 16.7. The number of phenolic OH excluding ortho intramolecular Hbond substituents is 1. The minimum absolute atomic E-state index is 0.176. The maximum atomic E-state index is 11.8. The number of aromatic hydroxyl groups is 1. The Bertz CT molecular complexity index is 1910. The topological polar surface area (TPSA) is 52.8 Å². The van der Waals surface area contributed by atoms with E-state index in [0.29, 0.717) is 11.7 Å². The van der Waals surface area contributed by atoms with Crippen molar-refractivity contribution in [1.29, 1.82) is 0 Å². The first kappa shape index (κ1) is 34.3. The van der Waals surface area contributed by atoms with Crippen LogP contribution in [0, 0.1) is 0 Å². The molecule has 2 N–H and O–H groups in total. The van der Waals surface area contributed by atoms with Crippen LogP contribution in [0.15, 0.2) is 169 Å². The summed E-state index contributed by atoms with van der Waals surface area (Å²) in [6, 6.07) is 54.2. The predicted molar refractivity (Wildman–Crippen MR) is 210 cm³/mol. The second-order valence-corrected chi connectivity index (χ2v) is 20.1. The van der Waals surface area contributed by atoms with Crippen LogP contribution in [-0.4, -0.2) is 16.4 Å². The molecule has 0 unspecified atom stereocenters. The van der Waals surface area contributed by atoms with Crippen LogP contribution in [0.4, 0.5) is 0 Å². The molecule has 6 aromatic rings. The number of aliphatic hydroxyl groups is 1. The fourth-order valence-electron chi connectivity index (χ4n) is 6.75. The monoisotopic (exact) mass is 683 g/mol. The fraction of sp³-hybridized carbons (Fsp3) is 0.159. The number of rotatable bonds is 10. The van der Waals surface area contributed by atoms with Crippen molar-refractivity contribution in [2.45, 2.75) is 44.5 Å². The van der Waals surface area contributed by atoms with Crippen molar-refractivity contribution in [2.24, 2.45) is 4.99 Å². The van der Waals surface area contributed by atoms with Crippen molar-refractivity contribution in [3.63, 3.8) is 0 Å². The summed E-state index contributed by atoms with van der Waals surface area (Å²) < 4.78 is 0. The zero-order valence-corrected chi connectivity index (χ0v) is 29.8. The van der Waals surface area contributed by atoms with Gasteiger partial charge in [0.05, 0.1) is 0 Å². The van der Waals surface area contributed by atoms with E-state index >= 15 is 0 Å². The SMILES string of the molecule is CC(C)(C)c1cc(CP(Cl)(c2ccccc2)(c2ccccc2)c2ccccc2)cc(C=N[C@H](c2ccccc2)[C@@H](O)c2ccccc2)c1O. The molecule has 0 spiro atoms. The van der Waals surface area contributed by atoms with Crippen LogP contribution in [0.1, 0.15) is 60.7 Å². The van der Waals surface area contributed by atoms with E-state index in [0.717, 1.165) is 38.2 Å². The van der Waals surface area contributed by atoms with Crippen LogP contribution in [0.2, 0.25) is 0 Å². The molecule has 5 heteroatoms. The summed E-state index contributed by atoms with van der Waals surface area (Å²) in [5, 5.41) is 26.6. The van der Waals surface area contributed by atoms with Gasteiger partial charge in [0, 0.05) is 0 Å². The Labute approximate surface area is 295 Å². The van der Waals surface area contributed by atoms with Crippen molar-refractivity contribution in [1.82, 2.24) is 0 Å². The van der Waals surface area contributed by atoms with Gasteiger partial charge in [-0.1, -0.05) is 0 Å². The van der Waals surface area contributed by atoms with Gasteiger partial charge in [0.15, 0.2) is 0 Å². The Morgan fingerprint density at radius 2 is 1.04 bits per heavy atom. The van der Waals surface area contributed by atoms with Crippen molar-refractivity contribution < 1.29 is 10.2 Å². The van der Waals surface area contributed by atoms with E-state index in [9.17, 15) is 10.2 Å². The molecule has 6 rings (SSSR count). The zero-order chi connectivity index (χ0) is 34.5. The molecule has 0 amide bonds. The molecule has 6 aromatic carbocycles. The van der Waals surface area contributed by atoms with E-state index in [-0.39, 0.29) is 11.2 Å². The molecular formula is C44H43ClNO2P. The third-order valence-electron chi connectivity index (χ3n) is 9.33. The summed E-state index contributed by atoms with van der Waals surface area (Å²) in [6.07, 6.45) is 1.35. The van der Waals surface area contributed by atoms with Gasteiger partial charge in [0.1, 0.15) is 0 Å². The maximum absolute atomic E-state index is 11.8.